The smallest absolute Gasteiger partial charge is 0.103 e. The topological polar surface area (TPSA) is 54.3 Å². The fraction of sp³-hybridized carbons (Fsp3) is 0.938. The molecule has 20 heavy (non-hydrogen) atoms. The van der Waals surface area contributed by atoms with Crippen molar-refractivity contribution in [2.75, 3.05) is 33.0 Å². The number of rotatable bonds is 10. The highest BCUT2D eigenvalue weighted by atomic mass is 16.5. The second-order valence-electron chi connectivity index (χ2n) is 5.96. The Kier molecular flexibility index (Phi) is 8.84. The van der Waals surface area contributed by atoms with E-state index < -0.39 is 0 Å². The first kappa shape index (κ1) is 17.4. The van der Waals surface area contributed by atoms with Crippen molar-refractivity contribution in [2.45, 2.75) is 57.9 Å². The first-order valence-electron chi connectivity index (χ1n) is 8.02. The molecule has 1 aliphatic heterocycles. The lowest BCUT2D eigenvalue weighted by atomic mass is 9.96. The zero-order valence-corrected chi connectivity index (χ0v) is 13.1. The predicted molar refractivity (Wildman–Crippen MR) is 80.5 cm³/mol. The molecular formula is C16H30N2O2. The zero-order valence-electron chi connectivity index (χ0n) is 13.1. The van der Waals surface area contributed by atoms with Gasteiger partial charge >= 0.3 is 0 Å². The molecule has 0 radical (unpaired) electrons. The predicted octanol–water partition coefficient (Wildman–Crippen LogP) is 2.88. The van der Waals surface area contributed by atoms with Gasteiger partial charge in [0.15, 0.2) is 0 Å². The van der Waals surface area contributed by atoms with Crippen LogP contribution in [0.5, 0.6) is 0 Å². The Balaban J connectivity index is 2.01. The van der Waals surface area contributed by atoms with Gasteiger partial charge in [-0.2, -0.15) is 5.26 Å². The van der Waals surface area contributed by atoms with Crippen LogP contribution in [0.1, 0.15) is 52.4 Å². The Hall–Kier alpha value is -0.630. The molecule has 0 aliphatic carbocycles. The molecule has 1 saturated heterocycles. The molecule has 1 aliphatic rings. The summed E-state index contributed by atoms with van der Waals surface area (Å²) in [7, 11) is 0. The van der Waals surface area contributed by atoms with Gasteiger partial charge in [0.25, 0.3) is 0 Å². The van der Waals surface area contributed by atoms with Crippen molar-refractivity contribution in [1.82, 2.24) is 5.32 Å². The lowest BCUT2D eigenvalue weighted by Crippen LogP contribution is -2.41. The van der Waals surface area contributed by atoms with Crippen LogP contribution in [-0.2, 0) is 9.47 Å². The highest BCUT2D eigenvalue weighted by Crippen LogP contribution is 2.16. The minimum absolute atomic E-state index is 0.378. The van der Waals surface area contributed by atoms with E-state index in [9.17, 15) is 5.26 Å². The summed E-state index contributed by atoms with van der Waals surface area (Å²) >= 11 is 0. The van der Waals surface area contributed by atoms with Crippen molar-refractivity contribution in [3.63, 3.8) is 0 Å². The van der Waals surface area contributed by atoms with Crippen molar-refractivity contribution in [2.24, 2.45) is 5.92 Å². The third-order valence-corrected chi connectivity index (χ3v) is 3.92. The van der Waals surface area contributed by atoms with Gasteiger partial charge in [-0.25, -0.2) is 0 Å². The van der Waals surface area contributed by atoms with Gasteiger partial charge in [0.05, 0.1) is 6.07 Å². The second-order valence-corrected chi connectivity index (χ2v) is 5.96. The Morgan fingerprint density at radius 1 is 1.35 bits per heavy atom. The highest BCUT2D eigenvalue weighted by Gasteiger charge is 2.21. The van der Waals surface area contributed by atoms with Crippen LogP contribution < -0.4 is 5.32 Å². The van der Waals surface area contributed by atoms with Crippen LogP contribution >= 0.6 is 0 Å². The Bertz CT molecular complexity index is 285. The summed E-state index contributed by atoms with van der Waals surface area (Å²) in [6.45, 7) is 8.47. The van der Waals surface area contributed by atoms with Gasteiger partial charge in [-0.1, -0.05) is 6.92 Å². The summed E-state index contributed by atoms with van der Waals surface area (Å²) in [5.74, 6) is 0.680. The van der Waals surface area contributed by atoms with Crippen molar-refractivity contribution < 1.29 is 9.47 Å². The van der Waals surface area contributed by atoms with Crippen LogP contribution in [0.15, 0.2) is 0 Å². The quantitative estimate of drug-likeness (QED) is 0.626. The third kappa shape index (κ3) is 7.23. The van der Waals surface area contributed by atoms with E-state index in [0.29, 0.717) is 5.92 Å². The van der Waals surface area contributed by atoms with Crippen molar-refractivity contribution >= 4 is 0 Å². The average Bonchev–Trinajstić information content (AvgIpc) is 2.50. The monoisotopic (exact) mass is 282 g/mol. The fourth-order valence-electron chi connectivity index (χ4n) is 2.43. The van der Waals surface area contributed by atoms with E-state index in [4.69, 9.17) is 9.47 Å². The minimum atomic E-state index is -0.378. The fourth-order valence-corrected chi connectivity index (χ4v) is 2.43. The molecule has 4 nitrogen and oxygen atoms in total. The molecule has 4 heteroatoms. The van der Waals surface area contributed by atoms with Crippen LogP contribution in [0.25, 0.3) is 0 Å². The lowest BCUT2D eigenvalue weighted by Gasteiger charge is -2.23. The molecule has 0 aromatic rings. The molecule has 0 bridgehead atoms. The van der Waals surface area contributed by atoms with Gasteiger partial charge in [0, 0.05) is 26.4 Å². The first-order valence-corrected chi connectivity index (χ1v) is 8.02. The Morgan fingerprint density at radius 3 is 2.75 bits per heavy atom. The summed E-state index contributed by atoms with van der Waals surface area (Å²) in [6, 6.07) is 2.39. The number of nitrogens with zero attached hydrogens (tertiary/aromatic N) is 1. The standard InChI is InChI=1S/C16H30N2O2/c1-3-9-18-16(2,14-17)8-4-5-10-20-13-15-6-11-19-12-7-15/h15,18H,3-13H2,1-2H3. The summed E-state index contributed by atoms with van der Waals surface area (Å²) in [4.78, 5) is 0. The van der Waals surface area contributed by atoms with Gasteiger partial charge in [0.2, 0.25) is 0 Å². The van der Waals surface area contributed by atoms with Crippen LogP contribution in [0, 0.1) is 17.2 Å². The average molecular weight is 282 g/mol. The zero-order chi connectivity index (χ0) is 14.7. The van der Waals surface area contributed by atoms with E-state index in [1.54, 1.807) is 0 Å². The summed E-state index contributed by atoms with van der Waals surface area (Å²) in [5.41, 5.74) is -0.378. The summed E-state index contributed by atoms with van der Waals surface area (Å²) in [5, 5.41) is 12.6. The van der Waals surface area contributed by atoms with Gasteiger partial charge in [0.1, 0.15) is 5.54 Å². The summed E-state index contributed by atoms with van der Waals surface area (Å²) in [6.07, 6.45) is 6.29. The maximum absolute atomic E-state index is 9.23. The number of hydrogen-bond donors (Lipinski definition) is 1. The van der Waals surface area contributed by atoms with Crippen molar-refractivity contribution in [3.8, 4) is 6.07 Å². The number of nitriles is 1. The van der Waals surface area contributed by atoms with Crippen LogP contribution in [-0.4, -0.2) is 38.5 Å². The van der Waals surface area contributed by atoms with E-state index in [0.717, 1.165) is 71.5 Å². The largest absolute Gasteiger partial charge is 0.381 e. The van der Waals surface area contributed by atoms with Gasteiger partial charge in [-0.3, -0.25) is 5.32 Å². The molecule has 0 amide bonds. The molecule has 116 valence electrons. The van der Waals surface area contributed by atoms with Crippen LogP contribution in [0.2, 0.25) is 0 Å². The van der Waals surface area contributed by atoms with E-state index in [1.165, 1.54) is 0 Å². The van der Waals surface area contributed by atoms with Gasteiger partial charge in [-0.15, -0.1) is 0 Å². The number of unbranched alkanes of at least 4 members (excludes halogenated alkanes) is 1. The van der Waals surface area contributed by atoms with Gasteiger partial charge in [-0.05, 0) is 57.9 Å². The number of ether oxygens (including phenoxy) is 2. The molecule has 1 N–H and O–H groups in total. The molecule has 0 aromatic carbocycles. The minimum Gasteiger partial charge on any atom is -0.381 e. The number of nitrogens with one attached hydrogen (secondary N) is 1. The Labute approximate surface area is 123 Å². The normalized spacial score (nSPS) is 19.4. The number of hydrogen-bond acceptors (Lipinski definition) is 4. The molecule has 0 aromatic heterocycles. The van der Waals surface area contributed by atoms with E-state index in [-0.39, 0.29) is 5.54 Å². The maximum atomic E-state index is 9.23. The van der Waals surface area contributed by atoms with Crippen molar-refractivity contribution in [3.05, 3.63) is 0 Å². The van der Waals surface area contributed by atoms with E-state index in [2.05, 4.69) is 18.3 Å². The third-order valence-electron chi connectivity index (χ3n) is 3.92. The highest BCUT2D eigenvalue weighted by molar-refractivity contribution is 5.03. The van der Waals surface area contributed by atoms with Crippen LogP contribution in [0.4, 0.5) is 0 Å². The lowest BCUT2D eigenvalue weighted by molar-refractivity contribution is 0.0196. The Morgan fingerprint density at radius 2 is 2.10 bits per heavy atom. The molecule has 1 heterocycles. The summed E-state index contributed by atoms with van der Waals surface area (Å²) < 4.78 is 11.1. The van der Waals surface area contributed by atoms with Gasteiger partial charge < -0.3 is 9.47 Å². The van der Waals surface area contributed by atoms with E-state index >= 15 is 0 Å². The molecule has 1 unspecified atom stereocenters. The molecule has 1 fully saturated rings. The molecular weight excluding hydrogens is 252 g/mol. The maximum Gasteiger partial charge on any atom is 0.103 e. The second kappa shape index (κ2) is 10.1. The molecule has 1 atom stereocenters. The molecule has 0 saturated carbocycles. The molecule has 1 rings (SSSR count). The van der Waals surface area contributed by atoms with Crippen LogP contribution in [0.3, 0.4) is 0 Å². The first-order chi connectivity index (χ1) is 9.70. The molecule has 0 spiro atoms. The SMILES string of the molecule is CCCNC(C)(C#N)CCCCOCC1CCOCC1. The van der Waals surface area contributed by atoms with E-state index in [1.807, 2.05) is 6.92 Å². The van der Waals surface area contributed by atoms with Crippen molar-refractivity contribution in [1.29, 1.82) is 5.26 Å².